The van der Waals surface area contributed by atoms with Crippen molar-refractivity contribution in [1.82, 2.24) is 5.06 Å². The molecule has 27 heavy (non-hydrogen) atoms. The smallest absolute Gasteiger partial charge is 0.441 e. The number of carbonyl (C=O) groups is 3. The third-order valence-corrected chi connectivity index (χ3v) is 2.79. The first-order valence-corrected chi connectivity index (χ1v) is 8.26. The third kappa shape index (κ3) is 8.12. The topological polar surface area (TPSA) is 94.2 Å². The molecule has 0 aliphatic heterocycles. The van der Waals surface area contributed by atoms with E-state index < -0.39 is 35.3 Å². The monoisotopic (exact) mass is 404 g/mol. The SMILES string of the molecule is CC(C)(C)OC(=O)N(OC(=O)Nc1cc(F)ccc1Cl)C(=O)OC(C)(C)C. The molecule has 0 unspecified atom stereocenters. The molecule has 0 spiro atoms. The highest BCUT2D eigenvalue weighted by atomic mass is 35.5. The van der Waals surface area contributed by atoms with E-state index >= 15 is 0 Å². The number of carbonyl (C=O) groups excluding carboxylic acids is 3. The maximum Gasteiger partial charge on any atom is 0.454 e. The standard InChI is InChI=1S/C17H22ClFN2O6/c1-16(2,3)25-14(23)21(15(24)26-17(4,5)6)27-13(22)20-12-9-10(19)7-8-11(12)18/h7-9H,1-6H3,(H,20,22). The number of anilines is 1. The average molecular weight is 405 g/mol. The number of halogens is 2. The molecule has 0 heterocycles. The summed E-state index contributed by atoms with van der Waals surface area (Å²) >= 11 is 5.84. The molecule has 1 rings (SSSR count). The van der Waals surface area contributed by atoms with Gasteiger partial charge in [-0.15, -0.1) is 0 Å². The first kappa shape index (κ1) is 22.5. The highest BCUT2D eigenvalue weighted by Crippen LogP contribution is 2.23. The van der Waals surface area contributed by atoms with Crippen molar-refractivity contribution in [2.24, 2.45) is 0 Å². The zero-order chi connectivity index (χ0) is 21.0. The summed E-state index contributed by atoms with van der Waals surface area (Å²) in [7, 11) is 0. The van der Waals surface area contributed by atoms with Crippen molar-refractivity contribution < 1.29 is 33.1 Å². The fraction of sp³-hybridized carbons (Fsp3) is 0.471. The number of amides is 3. The quantitative estimate of drug-likeness (QED) is 0.653. The molecule has 0 aromatic heterocycles. The Morgan fingerprint density at radius 1 is 1.00 bits per heavy atom. The number of ether oxygens (including phenoxy) is 2. The fourth-order valence-electron chi connectivity index (χ4n) is 1.56. The van der Waals surface area contributed by atoms with Gasteiger partial charge >= 0.3 is 18.3 Å². The number of imide groups is 1. The van der Waals surface area contributed by atoms with Gasteiger partial charge in [0.05, 0.1) is 10.7 Å². The van der Waals surface area contributed by atoms with Crippen LogP contribution in [0.2, 0.25) is 5.02 Å². The highest BCUT2D eigenvalue weighted by Gasteiger charge is 2.35. The van der Waals surface area contributed by atoms with E-state index in [4.69, 9.17) is 25.9 Å². The van der Waals surface area contributed by atoms with E-state index in [-0.39, 0.29) is 15.8 Å². The highest BCUT2D eigenvalue weighted by molar-refractivity contribution is 6.33. The maximum absolute atomic E-state index is 13.3. The summed E-state index contributed by atoms with van der Waals surface area (Å²) in [6.07, 6.45) is -3.81. The summed E-state index contributed by atoms with van der Waals surface area (Å²) in [4.78, 5) is 41.2. The van der Waals surface area contributed by atoms with Gasteiger partial charge in [-0.3, -0.25) is 5.32 Å². The third-order valence-electron chi connectivity index (χ3n) is 2.46. The number of nitrogens with one attached hydrogen (secondary N) is 1. The van der Waals surface area contributed by atoms with Crippen molar-refractivity contribution >= 4 is 35.6 Å². The fourth-order valence-corrected chi connectivity index (χ4v) is 1.73. The second-order valence-electron chi connectivity index (χ2n) is 7.38. The summed E-state index contributed by atoms with van der Waals surface area (Å²) in [5.41, 5.74) is -2.05. The van der Waals surface area contributed by atoms with Crippen molar-refractivity contribution in [2.75, 3.05) is 5.32 Å². The van der Waals surface area contributed by atoms with Crippen LogP contribution in [0.3, 0.4) is 0 Å². The molecule has 10 heteroatoms. The van der Waals surface area contributed by atoms with Crippen LogP contribution in [0.4, 0.5) is 24.5 Å². The van der Waals surface area contributed by atoms with Crippen molar-refractivity contribution in [3.63, 3.8) is 0 Å². The van der Waals surface area contributed by atoms with Crippen LogP contribution in [0.25, 0.3) is 0 Å². The molecule has 150 valence electrons. The number of nitrogens with zero attached hydrogens (tertiary/aromatic N) is 1. The molecule has 8 nitrogen and oxygen atoms in total. The molecule has 0 radical (unpaired) electrons. The molecule has 3 amide bonds. The Balaban J connectivity index is 2.98. The molecule has 0 atom stereocenters. The van der Waals surface area contributed by atoms with Crippen LogP contribution in [-0.2, 0) is 14.3 Å². The van der Waals surface area contributed by atoms with E-state index in [0.29, 0.717) is 0 Å². The molecule has 0 saturated carbocycles. The molecule has 1 aromatic rings. The molecule has 0 bridgehead atoms. The Morgan fingerprint density at radius 3 is 1.93 bits per heavy atom. The number of rotatable bonds is 1. The molecule has 0 saturated heterocycles. The second kappa shape index (κ2) is 8.43. The summed E-state index contributed by atoms with van der Waals surface area (Å²) in [5, 5.41) is 2.18. The van der Waals surface area contributed by atoms with Gasteiger partial charge in [0.2, 0.25) is 0 Å². The second-order valence-corrected chi connectivity index (χ2v) is 7.79. The minimum Gasteiger partial charge on any atom is -0.441 e. The Morgan fingerprint density at radius 2 is 1.48 bits per heavy atom. The first-order valence-electron chi connectivity index (χ1n) is 7.88. The van der Waals surface area contributed by atoms with Crippen LogP contribution >= 0.6 is 11.6 Å². The summed E-state index contributed by atoms with van der Waals surface area (Å²) in [6.45, 7) is 9.36. The zero-order valence-corrected chi connectivity index (χ0v) is 16.6. The molecule has 0 fully saturated rings. The van der Waals surface area contributed by atoms with Crippen LogP contribution in [0, 0.1) is 5.82 Å². The van der Waals surface area contributed by atoms with E-state index in [1.807, 2.05) is 0 Å². The minimum absolute atomic E-state index is 0.0226. The Bertz CT molecular complexity index is 699. The Hall–Kier alpha value is -2.55. The van der Waals surface area contributed by atoms with Gasteiger partial charge in [0.1, 0.15) is 17.0 Å². The van der Waals surface area contributed by atoms with Gasteiger partial charge in [0.15, 0.2) is 0 Å². The molecular weight excluding hydrogens is 383 g/mol. The minimum atomic E-state index is -1.28. The van der Waals surface area contributed by atoms with Crippen LogP contribution in [0.1, 0.15) is 41.5 Å². The van der Waals surface area contributed by atoms with Crippen molar-refractivity contribution in [3.8, 4) is 0 Å². The van der Waals surface area contributed by atoms with E-state index in [1.54, 1.807) is 41.5 Å². The molecule has 1 aromatic carbocycles. The summed E-state index contributed by atoms with van der Waals surface area (Å²) in [6, 6.07) is 3.24. The zero-order valence-electron chi connectivity index (χ0n) is 15.9. The molecule has 0 aliphatic carbocycles. The van der Waals surface area contributed by atoms with Gasteiger partial charge in [0.25, 0.3) is 0 Å². The lowest BCUT2D eigenvalue weighted by molar-refractivity contribution is -0.0966. The molecular formula is C17H22ClFN2O6. The normalized spacial score (nSPS) is 11.4. The molecule has 1 N–H and O–H groups in total. The summed E-state index contributed by atoms with van der Waals surface area (Å²) < 4.78 is 23.3. The van der Waals surface area contributed by atoms with Crippen LogP contribution in [0.5, 0.6) is 0 Å². The van der Waals surface area contributed by atoms with E-state index in [1.165, 1.54) is 6.07 Å². The van der Waals surface area contributed by atoms with Gasteiger partial charge in [-0.05, 0) is 64.8 Å². The predicted octanol–water partition coefficient (Wildman–Crippen LogP) is 5.11. The lowest BCUT2D eigenvalue weighted by atomic mass is 10.2. The van der Waals surface area contributed by atoms with E-state index in [2.05, 4.69) is 5.32 Å². The van der Waals surface area contributed by atoms with Gasteiger partial charge in [0, 0.05) is 0 Å². The lowest BCUT2D eigenvalue weighted by Crippen LogP contribution is -2.45. The van der Waals surface area contributed by atoms with Crippen LogP contribution in [0.15, 0.2) is 18.2 Å². The van der Waals surface area contributed by atoms with Crippen molar-refractivity contribution in [3.05, 3.63) is 29.0 Å². The van der Waals surface area contributed by atoms with E-state index in [9.17, 15) is 18.8 Å². The number of benzene rings is 1. The van der Waals surface area contributed by atoms with Gasteiger partial charge in [-0.25, -0.2) is 18.8 Å². The maximum atomic E-state index is 13.3. The predicted molar refractivity (Wildman–Crippen MR) is 95.8 cm³/mol. The van der Waals surface area contributed by atoms with E-state index in [0.717, 1.165) is 12.1 Å². The Labute approximate surface area is 161 Å². The van der Waals surface area contributed by atoms with Crippen molar-refractivity contribution in [2.45, 2.75) is 52.7 Å². The number of hydroxylamine groups is 2. The average Bonchev–Trinajstić information content (AvgIpc) is 2.44. The number of hydrogen-bond donors (Lipinski definition) is 1. The van der Waals surface area contributed by atoms with Gasteiger partial charge < -0.3 is 14.3 Å². The first-order chi connectivity index (χ1) is 12.2. The Kier molecular flexibility index (Phi) is 7.02. The van der Waals surface area contributed by atoms with Gasteiger partial charge in [-0.2, -0.15) is 0 Å². The number of hydrogen-bond acceptors (Lipinski definition) is 6. The summed E-state index contributed by atoms with van der Waals surface area (Å²) in [5.74, 6) is -0.661. The largest absolute Gasteiger partial charge is 0.454 e. The van der Waals surface area contributed by atoms with Crippen molar-refractivity contribution in [1.29, 1.82) is 0 Å². The molecule has 0 aliphatic rings. The lowest BCUT2D eigenvalue weighted by Gasteiger charge is -2.27. The van der Waals surface area contributed by atoms with Crippen LogP contribution < -0.4 is 5.32 Å². The van der Waals surface area contributed by atoms with Gasteiger partial charge in [-0.1, -0.05) is 11.6 Å². The van der Waals surface area contributed by atoms with Crippen LogP contribution in [-0.4, -0.2) is 34.5 Å².